The summed E-state index contributed by atoms with van der Waals surface area (Å²) in [5, 5.41) is 14.5. The summed E-state index contributed by atoms with van der Waals surface area (Å²) in [6.45, 7) is 17.9. The molecule has 1 spiro atoms. The summed E-state index contributed by atoms with van der Waals surface area (Å²) in [4.78, 5) is 29.0. The average molecular weight is 451 g/mol. The molecular formula is C22H38N4O4Si. The number of aromatic nitrogens is 2. The Hall–Kier alpha value is -1.71. The quantitative estimate of drug-likeness (QED) is 0.510. The molecule has 0 saturated carbocycles. The minimum atomic E-state index is -1.18. The van der Waals surface area contributed by atoms with Gasteiger partial charge in [0, 0.05) is 51.7 Å². The van der Waals surface area contributed by atoms with Crippen LogP contribution in [0.25, 0.3) is 0 Å². The van der Waals surface area contributed by atoms with Crippen LogP contribution in [0.15, 0.2) is 6.07 Å². The van der Waals surface area contributed by atoms with Gasteiger partial charge in [-0.05, 0) is 19.0 Å². The molecule has 1 unspecified atom stereocenters. The molecular weight excluding hydrogens is 412 g/mol. The Balaban J connectivity index is 1.55. The van der Waals surface area contributed by atoms with E-state index >= 15 is 0 Å². The largest absolute Gasteiger partial charge is 0.387 e. The molecule has 0 bridgehead atoms. The van der Waals surface area contributed by atoms with Crippen LogP contribution >= 0.6 is 0 Å². The van der Waals surface area contributed by atoms with Crippen molar-refractivity contribution in [2.45, 2.75) is 66.2 Å². The van der Waals surface area contributed by atoms with Crippen LogP contribution in [-0.2, 0) is 16.3 Å². The minimum Gasteiger partial charge on any atom is -0.387 e. The van der Waals surface area contributed by atoms with Gasteiger partial charge in [0.15, 0.2) is 5.69 Å². The lowest BCUT2D eigenvalue weighted by Crippen LogP contribution is -2.74. The molecule has 31 heavy (non-hydrogen) atoms. The van der Waals surface area contributed by atoms with Crippen LogP contribution in [0.3, 0.4) is 0 Å². The van der Waals surface area contributed by atoms with Crippen molar-refractivity contribution in [2.24, 2.45) is 10.8 Å². The maximum Gasteiger partial charge on any atom is 0.274 e. The first-order valence-corrected chi connectivity index (χ1v) is 14.8. The van der Waals surface area contributed by atoms with Crippen molar-refractivity contribution in [3.63, 3.8) is 0 Å². The molecule has 0 aliphatic carbocycles. The number of rotatable bonds is 7. The number of carbonyl (C=O) groups excluding carboxylic acids is 2. The number of hydrogen-bond acceptors (Lipinski definition) is 5. The Bertz CT molecular complexity index is 824. The van der Waals surface area contributed by atoms with Crippen LogP contribution in [0.1, 0.15) is 50.0 Å². The highest BCUT2D eigenvalue weighted by Crippen LogP contribution is 2.41. The number of hydrogen-bond donors (Lipinski definition) is 1. The normalized spacial score (nSPS) is 19.2. The van der Waals surface area contributed by atoms with Gasteiger partial charge in [-0.3, -0.25) is 9.59 Å². The van der Waals surface area contributed by atoms with E-state index in [4.69, 9.17) is 4.74 Å². The number of likely N-dealkylation sites (tertiary alicyclic amines) is 2. The molecule has 0 radical (unpaired) electrons. The number of amides is 2. The molecule has 1 atom stereocenters. The van der Waals surface area contributed by atoms with Crippen molar-refractivity contribution in [3.8, 4) is 0 Å². The lowest BCUT2D eigenvalue weighted by Gasteiger charge is -2.60. The molecule has 1 aromatic heterocycles. The highest BCUT2D eigenvalue weighted by molar-refractivity contribution is 6.76. The van der Waals surface area contributed by atoms with Crippen molar-refractivity contribution in [2.75, 3.05) is 32.8 Å². The number of aliphatic hydroxyl groups is 1. The van der Waals surface area contributed by atoms with E-state index in [1.807, 2.05) is 25.7 Å². The van der Waals surface area contributed by atoms with Crippen molar-refractivity contribution in [1.82, 2.24) is 19.6 Å². The predicted molar refractivity (Wildman–Crippen MR) is 121 cm³/mol. The molecule has 2 aliphatic rings. The molecule has 3 rings (SSSR count). The van der Waals surface area contributed by atoms with E-state index in [-0.39, 0.29) is 29.4 Å². The van der Waals surface area contributed by atoms with Gasteiger partial charge in [0.2, 0.25) is 5.91 Å². The van der Waals surface area contributed by atoms with Crippen molar-refractivity contribution >= 4 is 19.9 Å². The minimum absolute atomic E-state index is 0.0339. The summed E-state index contributed by atoms with van der Waals surface area (Å²) >= 11 is 0. The molecule has 2 aliphatic heterocycles. The molecule has 174 valence electrons. The third kappa shape index (κ3) is 5.38. The molecule has 2 saturated heterocycles. The Morgan fingerprint density at radius 2 is 1.77 bits per heavy atom. The summed E-state index contributed by atoms with van der Waals surface area (Å²) in [7, 11) is -1.18. The Morgan fingerprint density at radius 1 is 1.19 bits per heavy atom. The van der Waals surface area contributed by atoms with Gasteiger partial charge < -0.3 is 19.6 Å². The van der Waals surface area contributed by atoms with Crippen LogP contribution in [0.2, 0.25) is 25.7 Å². The average Bonchev–Trinajstić information content (AvgIpc) is 2.98. The van der Waals surface area contributed by atoms with Crippen LogP contribution in [0.4, 0.5) is 0 Å². The summed E-state index contributed by atoms with van der Waals surface area (Å²) in [5.41, 5.74) is 0.577. The van der Waals surface area contributed by atoms with Crippen molar-refractivity contribution in [3.05, 3.63) is 17.5 Å². The van der Waals surface area contributed by atoms with Gasteiger partial charge in [0.1, 0.15) is 6.73 Å². The van der Waals surface area contributed by atoms with E-state index in [0.717, 1.165) is 6.04 Å². The summed E-state index contributed by atoms with van der Waals surface area (Å²) in [6.07, 6.45) is -0.735. The molecule has 2 amide bonds. The number of carbonyl (C=O) groups is 2. The lowest BCUT2D eigenvalue weighted by molar-refractivity contribution is -0.162. The van der Waals surface area contributed by atoms with E-state index in [2.05, 4.69) is 24.7 Å². The molecule has 2 fully saturated rings. The van der Waals surface area contributed by atoms with E-state index < -0.39 is 14.2 Å². The smallest absolute Gasteiger partial charge is 0.274 e. The van der Waals surface area contributed by atoms with Crippen LogP contribution < -0.4 is 0 Å². The molecule has 0 aromatic carbocycles. The van der Waals surface area contributed by atoms with Gasteiger partial charge in [-0.25, -0.2) is 4.68 Å². The third-order valence-electron chi connectivity index (χ3n) is 5.99. The highest BCUT2D eigenvalue weighted by atomic mass is 28.3. The summed E-state index contributed by atoms with van der Waals surface area (Å²) < 4.78 is 7.35. The summed E-state index contributed by atoms with van der Waals surface area (Å²) in [6, 6.07) is 2.71. The monoisotopic (exact) mass is 450 g/mol. The molecule has 8 nitrogen and oxygen atoms in total. The second-order valence-electron chi connectivity index (χ2n) is 11.6. The van der Waals surface area contributed by atoms with Crippen LogP contribution in [-0.4, -0.2) is 77.4 Å². The fraction of sp³-hybridized carbons (Fsp3) is 0.773. The van der Waals surface area contributed by atoms with Gasteiger partial charge in [-0.2, -0.15) is 5.10 Å². The SMILES string of the molecule is CC(O)c1cc(C(=O)N2CC3(C2)CN(C(=O)C(C)(C)C)C3)nn1COCC[Si](C)(C)C. The molecule has 9 heteroatoms. The standard InChI is InChI=1S/C22H38N4O4Si/c1-16(27)18-10-17(23-26(18)15-30-8-9-31(5,6)7)19(28)24-11-22(12-24)13-25(14-22)20(29)21(2,3)4/h10,16,27H,8-9,11-15H2,1-7H3. The number of aliphatic hydroxyl groups excluding tert-OH is 1. The first-order chi connectivity index (χ1) is 14.2. The van der Waals surface area contributed by atoms with Gasteiger partial charge in [-0.1, -0.05) is 40.4 Å². The lowest BCUT2D eigenvalue weighted by atomic mass is 9.71. The molecule has 1 N–H and O–H groups in total. The van der Waals surface area contributed by atoms with Gasteiger partial charge in [-0.15, -0.1) is 0 Å². The fourth-order valence-corrected chi connectivity index (χ4v) is 4.91. The number of nitrogens with zero attached hydrogens (tertiary/aromatic N) is 4. The second kappa shape index (κ2) is 8.33. The maximum absolute atomic E-state index is 12.9. The highest BCUT2D eigenvalue weighted by Gasteiger charge is 2.55. The van der Waals surface area contributed by atoms with Crippen LogP contribution in [0, 0.1) is 10.8 Å². The topological polar surface area (TPSA) is 87.9 Å². The Kier molecular flexibility index (Phi) is 6.43. The van der Waals surface area contributed by atoms with Gasteiger partial charge in [0.05, 0.1) is 11.8 Å². The fourth-order valence-electron chi connectivity index (χ4n) is 4.16. The Labute approximate surface area is 186 Å². The maximum atomic E-state index is 12.9. The van der Waals surface area contributed by atoms with Crippen LogP contribution in [0.5, 0.6) is 0 Å². The molecule has 1 aromatic rings. The zero-order valence-electron chi connectivity index (χ0n) is 20.1. The van der Waals surface area contributed by atoms with E-state index in [9.17, 15) is 14.7 Å². The van der Waals surface area contributed by atoms with Crippen molar-refractivity contribution < 1.29 is 19.4 Å². The number of ether oxygens (including phenoxy) is 1. The zero-order valence-corrected chi connectivity index (χ0v) is 21.1. The first kappa shape index (κ1) is 23.9. The predicted octanol–water partition coefficient (Wildman–Crippen LogP) is 2.58. The van der Waals surface area contributed by atoms with E-state index in [1.165, 1.54) is 0 Å². The van der Waals surface area contributed by atoms with Gasteiger partial charge >= 0.3 is 0 Å². The first-order valence-electron chi connectivity index (χ1n) is 11.1. The zero-order chi connectivity index (χ0) is 23.2. The van der Waals surface area contributed by atoms with Gasteiger partial charge in [0.25, 0.3) is 5.91 Å². The summed E-state index contributed by atoms with van der Waals surface area (Å²) in [5.74, 6) is 0.0336. The van der Waals surface area contributed by atoms with E-state index in [0.29, 0.717) is 44.2 Å². The van der Waals surface area contributed by atoms with E-state index in [1.54, 1.807) is 22.6 Å². The van der Waals surface area contributed by atoms with Crippen molar-refractivity contribution in [1.29, 1.82) is 0 Å². The third-order valence-corrected chi connectivity index (χ3v) is 7.69. The molecule has 3 heterocycles. The Morgan fingerprint density at radius 3 is 2.29 bits per heavy atom. The second-order valence-corrected chi connectivity index (χ2v) is 17.2.